The Kier molecular flexibility index (Phi) is 3.87. The van der Waals surface area contributed by atoms with Crippen LogP contribution in [-0.4, -0.2) is 47.6 Å². The Morgan fingerprint density at radius 1 is 1.31 bits per heavy atom. The van der Waals surface area contributed by atoms with Gasteiger partial charge in [-0.3, -0.25) is 9.67 Å². The van der Waals surface area contributed by atoms with Crippen LogP contribution in [-0.2, 0) is 16.9 Å². The zero-order chi connectivity index (χ0) is 18.3. The average molecular weight is 370 g/mol. The maximum absolute atomic E-state index is 11.8. The molecule has 0 radical (unpaired) electrons. The molecule has 2 aromatic rings. The van der Waals surface area contributed by atoms with Gasteiger partial charge in [-0.15, -0.1) is 0 Å². The van der Waals surface area contributed by atoms with Crippen LogP contribution in [0.3, 0.4) is 0 Å². The van der Waals surface area contributed by atoms with Crippen molar-refractivity contribution in [2.24, 2.45) is 17.0 Å². The topological polar surface area (TPSA) is 91.9 Å². The Hall–Kier alpha value is -2.94. The first-order valence-electron chi connectivity index (χ1n) is 8.05. The van der Waals surface area contributed by atoms with E-state index in [1.54, 1.807) is 35.1 Å². The van der Waals surface area contributed by atoms with Crippen LogP contribution in [0.25, 0.3) is 0 Å². The van der Waals surface area contributed by atoms with Crippen LogP contribution in [0, 0.1) is 0 Å². The molecule has 9 heteroatoms. The van der Waals surface area contributed by atoms with E-state index in [4.69, 9.17) is 0 Å². The summed E-state index contributed by atoms with van der Waals surface area (Å²) in [4.78, 5) is 11.3. The maximum Gasteiger partial charge on any atom is 0.175 e. The summed E-state index contributed by atoms with van der Waals surface area (Å²) in [5.41, 5.74) is 1.73. The number of rotatable bonds is 3. The summed E-state index contributed by atoms with van der Waals surface area (Å²) in [5, 5.41) is 7.41. The van der Waals surface area contributed by atoms with Gasteiger partial charge in [-0.05, 0) is 18.2 Å². The van der Waals surface area contributed by atoms with Crippen molar-refractivity contribution in [3.8, 4) is 0 Å². The van der Waals surface area contributed by atoms with E-state index in [-0.39, 0.29) is 10.9 Å². The fraction of sp³-hybridized carbons (Fsp3) is 0.235. The fourth-order valence-corrected chi connectivity index (χ4v) is 3.67. The standard InChI is InChI=1S/C17H18N6O2S/c1-22-11-12(9-20-22)15-10-19-17-16(18-6-7-23(15)17)21-13-4-3-5-14(8-13)26(2,24)25/h3-9,11,15H,10H2,1-2H3,(H,18,21). The summed E-state index contributed by atoms with van der Waals surface area (Å²) in [6.45, 7) is 0.607. The maximum atomic E-state index is 11.8. The van der Waals surface area contributed by atoms with E-state index in [2.05, 4.69) is 20.4 Å². The number of nitrogens with one attached hydrogen (secondary N) is 1. The monoisotopic (exact) mass is 370 g/mol. The minimum atomic E-state index is -3.27. The Labute approximate surface area is 151 Å². The number of nitrogens with zero attached hydrogens (tertiary/aromatic N) is 5. The van der Waals surface area contributed by atoms with Crippen LogP contribution in [0.4, 0.5) is 5.69 Å². The van der Waals surface area contributed by atoms with Gasteiger partial charge in [0, 0.05) is 43.2 Å². The number of benzene rings is 1. The van der Waals surface area contributed by atoms with E-state index in [9.17, 15) is 8.42 Å². The quantitative estimate of drug-likeness (QED) is 0.885. The highest BCUT2D eigenvalue weighted by molar-refractivity contribution is 7.90. The fourth-order valence-electron chi connectivity index (χ4n) is 3.01. The molecule has 4 rings (SSSR count). The minimum Gasteiger partial charge on any atom is -0.337 e. The molecular weight excluding hydrogens is 352 g/mol. The van der Waals surface area contributed by atoms with E-state index in [0.29, 0.717) is 18.1 Å². The first kappa shape index (κ1) is 16.5. The van der Waals surface area contributed by atoms with Gasteiger partial charge >= 0.3 is 0 Å². The highest BCUT2D eigenvalue weighted by Gasteiger charge is 2.32. The Bertz CT molecular complexity index is 1050. The molecule has 0 saturated heterocycles. The van der Waals surface area contributed by atoms with Crippen molar-refractivity contribution in [3.63, 3.8) is 0 Å². The number of sulfone groups is 1. The predicted molar refractivity (Wildman–Crippen MR) is 99.8 cm³/mol. The normalized spacial score (nSPS) is 19.2. The lowest BCUT2D eigenvalue weighted by Gasteiger charge is -2.26. The van der Waals surface area contributed by atoms with Crippen LogP contribution in [0.2, 0.25) is 0 Å². The molecular formula is C17H18N6O2S. The van der Waals surface area contributed by atoms with Gasteiger partial charge in [0.15, 0.2) is 21.5 Å². The number of fused-ring (bicyclic) bond motifs is 1. The van der Waals surface area contributed by atoms with Crippen molar-refractivity contribution < 1.29 is 8.42 Å². The largest absolute Gasteiger partial charge is 0.337 e. The first-order chi connectivity index (χ1) is 12.4. The number of aryl methyl sites for hydroxylation is 1. The van der Waals surface area contributed by atoms with Crippen molar-refractivity contribution in [3.05, 3.63) is 54.6 Å². The molecule has 26 heavy (non-hydrogen) atoms. The molecule has 3 heterocycles. The Morgan fingerprint density at radius 2 is 2.15 bits per heavy atom. The van der Waals surface area contributed by atoms with Crippen molar-refractivity contribution in [1.82, 2.24) is 14.7 Å². The van der Waals surface area contributed by atoms with Crippen molar-refractivity contribution in [2.75, 3.05) is 18.1 Å². The molecule has 1 N–H and O–H groups in total. The summed E-state index contributed by atoms with van der Waals surface area (Å²) >= 11 is 0. The Balaban J connectivity index is 1.58. The lowest BCUT2D eigenvalue weighted by Crippen LogP contribution is -2.37. The molecule has 1 aromatic heterocycles. The molecule has 0 spiro atoms. The van der Waals surface area contributed by atoms with Crippen LogP contribution in [0.15, 0.2) is 63.9 Å². The molecule has 1 unspecified atom stereocenters. The zero-order valence-corrected chi connectivity index (χ0v) is 15.2. The lowest BCUT2D eigenvalue weighted by atomic mass is 10.1. The van der Waals surface area contributed by atoms with Gasteiger partial charge in [-0.25, -0.2) is 13.4 Å². The number of aliphatic imine (C=N–C) groups is 2. The SMILES string of the molecule is Cn1cc(C2CN=C3C(Nc4cccc(S(C)(=O)=O)c4)=NC=CN32)cn1. The molecule has 0 fully saturated rings. The minimum absolute atomic E-state index is 0.0737. The second kappa shape index (κ2) is 6.10. The van der Waals surface area contributed by atoms with Crippen LogP contribution in [0.5, 0.6) is 0 Å². The van der Waals surface area contributed by atoms with E-state index < -0.39 is 9.84 Å². The van der Waals surface area contributed by atoms with Crippen LogP contribution >= 0.6 is 0 Å². The molecule has 2 aliphatic rings. The van der Waals surface area contributed by atoms with Gasteiger partial charge in [0.1, 0.15) is 0 Å². The second-order valence-corrected chi connectivity index (χ2v) is 8.25. The number of aromatic nitrogens is 2. The van der Waals surface area contributed by atoms with Gasteiger partial charge in [-0.1, -0.05) is 6.07 Å². The van der Waals surface area contributed by atoms with Crippen molar-refractivity contribution >= 4 is 27.2 Å². The smallest absolute Gasteiger partial charge is 0.175 e. The van der Waals surface area contributed by atoms with Gasteiger partial charge in [0.2, 0.25) is 0 Å². The molecule has 0 saturated carbocycles. The summed E-state index contributed by atoms with van der Waals surface area (Å²) in [6.07, 6.45) is 8.60. The van der Waals surface area contributed by atoms with E-state index >= 15 is 0 Å². The molecule has 0 aliphatic carbocycles. The molecule has 134 valence electrons. The number of hydrogen-bond acceptors (Lipinski definition) is 7. The highest BCUT2D eigenvalue weighted by atomic mass is 32.2. The number of anilines is 1. The summed E-state index contributed by atoms with van der Waals surface area (Å²) in [5.74, 6) is 1.32. The first-order valence-corrected chi connectivity index (χ1v) is 9.94. The molecule has 0 bridgehead atoms. The molecule has 1 atom stereocenters. The Morgan fingerprint density at radius 3 is 2.88 bits per heavy atom. The van der Waals surface area contributed by atoms with Crippen LogP contribution in [0.1, 0.15) is 11.6 Å². The molecule has 2 aliphatic heterocycles. The molecule has 8 nitrogen and oxygen atoms in total. The summed E-state index contributed by atoms with van der Waals surface area (Å²) in [7, 11) is -1.39. The molecule has 1 aromatic carbocycles. The molecule has 0 amide bonds. The van der Waals surface area contributed by atoms with Crippen molar-refractivity contribution in [1.29, 1.82) is 0 Å². The summed E-state index contributed by atoms with van der Waals surface area (Å²) in [6, 6.07) is 6.73. The van der Waals surface area contributed by atoms with Gasteiger partial charge in [0.05, 0.1) is 23.7 Å². The van der Waals surface area contributed by atoms with Crippen LogP contribution < -0.4 is 5.32 Å². The van der Waals surface area contributed by atoms with E-state index in [1.807, 2.05) is 30.5 Å². The third-order valence-corrected chi connectivity index (χ3v) is 5.38. The lowest BCUT2D eigenvalue weighted by molar-refractivity contribution is 0.458. The number of hydrogen-bond donors (Lipinski definition) is 1. The second-order valence-electron chi connectivity index (χ2n) is 6.24. The van der Waals surface area contributed by atoms with Gasteiger partial charge < -0.3 is 10.2 Å². The van der Waals surface area contributed by atoms with E-state index in [1.165, 1.54) is 6.26 Å². The highest BCUT2D eigenvalue weighted by Crippen LogP contribution is 2.29. The predicted octanol–water partition coefficient (Wildman–Crippen LogP) is 1.57. The zero-order valence-electron chi connectivity index (χ0n) is 14.4. The third-order valence-electron chi connectivity index (χ3n) is 4.27. The third kappa shape index (κ3) is 3.01. The van der Waals surface area contributed by atoms with Crippen molar-refractivity contribution in [2.45, 2.75) is 10.9 Å². The summed E-state index contributed by atoms with van der Waals surface area (Å²) < 4.78 is 25.3. The van der Waals surface area contributed by atoms with Gasteiger partial charge in [-0.2, -0.15) is 5.10 Å². The van der Waals surface area contributed by atoms with E-state index in [0.717, 1.165) is 11.4 Å². The average Bonchev–Trinajstić information content (AvgIpc) is 3.21. The van der Waals surface area contributed by atoms with Gasteiger partial charge in [0.25, 0.3) is 0 Å². The number of amidine groups is 2.